The van der Waals surface area contributed by atoms with E-state index >= 15 is 0 Å². The summed E-state index contributed by atoms with van der Waals surface area (Å²) in [4.78, 5) is 12.0. The molecule has 1 saturated carbocycles. The molecule has 1 aromatic rings. The zero-order valence-corrected chi connectivity index (χ0v) is 13.0. The maximum absolute atomic E-state index is 12.0. The highest BCUT2D eigenvalue weighted by Crippen LogP contribution is 2.26. The first kappa shape index (κ1) is 16.1. The van der Waals surface area contributed by atoms with Crippen LogP contribution in [0.25, 0.3) is 0 Å². The van der Waals surface area contributed by atoms with E-state index in [9.17, 15) is 9.90 Å². The van der Waals surface area contributed by atoms with Crippen molar-refractivity contribution < 1.29 is 14.6 Å². The van der Waals surface area contributed by atoms with Gasteiger partial charge in [-0.05, 0) is 37.8 Å². The van der Waals surface area contributed by atoms with Gasteiger partial charge in [0.15, 0.2) is 0 Å². The molecular formula is C16H22ClNO3. The van der Waals surface area contributed by atoms with Crippen LogP contribution in [0.3, 0.4) is 0 Å². The van der Waals surface area contributed by atoms with Crippen LogP contribution in [0.5, 0.6) is 5.75 Å². The topological polar surface area (TPSA) is 58.6 Å². The quantitative estimate of drug-likeness (QED) is 0.849. The molecule has 2 rings (SSSR count). The zero-order valence-electron chi connectivity index (χ0n) is 12.2. The molecule has 0 spiro atoms. The molecule has 4 nitrogen and oxygen atoms in total. The lowest BCUT2D eigenvalue weighted by molar-refractivity contribution is -0.127. The summed E-state index contributed by atoms with van der Waals surface area (Å²) in [6, 6.07) is 7.30. The van der Waals surface area contributed by atoms with Crippen molar-refractivity contribution in [2.45, 2.75) is 44.8 Å². The molecule has 0 heterocycles. The number of amides is 1. The fourth-order valence-electron chi connectivity index (χ4n) is 2.58. The van der Waals surface area contributed by atoms with E-state index in [1.807, 2.05) is 25.1 Å². The van der Waals surface area contributed by atoms with E-state index < -0.39 is 6.10 Å². The molecule has 3 unspecified atom stereocenters. The Kier molecular flexibility index (Phi) is 5.88. The molecule has 1 amide bonds. The summed E-state index contributed by atoms with van der Waals surface area (Å²) in [6.07, 6.45) is 2.51. The number of carbonyl (C=O) groups excluding carboxylic acids is 1. The second-order valence-electron chi connectivity index (χ2n) is 5.43. The lowest BCUT2D eigenvalue weighted by Gasteiger charge is -2.21. The van der Waals surface area contributed by atoms with Crippen LogP contribution in [-0.2, 0) is 4.79 Å². The third kappa shape index (κ3) is 4.35. The number of carbonyl (C=O) groups is 1. The number of benzene rings is 1. The maximum Gasteiger partial charge on any atom is 0.225 e. The second-order valence-corrected chi connectivity index (χ2v) is 5.84. The minimum Gasteiger partial charge on any atom is -0.487 e. The second kappa shape index (κ2) is 7.66. The highest BCUT2D eigenvalue weighted by molar-refractivity contribution is 6.32. The van der Waals surface area contributed by atoms with E-state index in [1.54, 1.807) is 6.07 Å². The predicted molar refractivity (Wildman–Crippen MR) is 82.5 cm³/mol. The van der Waals surface area contributed by atoms with E-state index in [0.717, 1.165) is 19.3 Å². The Morgan fingerprint density at radius 3 is 2.86 bits per heavy atom. The minimum absolute atomic E-state index is 0.0822. The molecule has 116 valence electrons. The normalized spacial score (nSPS) is 22.8. The van der Waals surface area contributed by atoms with Crippen molar-refractivity contribution >= 4 is 17.5 Å². The Balaban J connectivity index is 1.85. The Morgan fingerprint density at radius 2 is 2.24 bits per heavy atom. The summed E-state index contributed by atoms with van der Waals surface area (Å²) >= 11 is 6.07. The molecule has 5 heteroatoms. The van der Waals surface area contributed by atoms with Crippen LogP contribution in [0.4, 0.5) is 0 Å². The number of nitrogens with one attached hydrogen (secondary N) is 1. The number of aliphatic hydroxyl groups is 1. The monoisotopic (exact) mass is 311 g/mol. The van der Waals surface area contributed by atoms with Crippen LogP contribution in [-0.4, -0.2) is 29.8 Å². The van der Waals surface area contributed by atoms with Gasteiger partial charge in [-0.2, -0.15) is 0 Å². The molecule has 0 aliphatic heterocycles. The summed E-state index contributed by atoms with van der Waals surface area (Å²) in [5.74, 6) is 0.269. The molecule has 1 aliphatic carbocycles. The summed E-state index contributed by atoms with van der Waals surface area (Å²) in [6.45, 7) is 2.42. The largest absolute Gasteiger partial charge is 0.487 e. The van der Waals surface area contributed by atoms with Crippen LogP contribution in [0.1, 0.15) is 32.6 Å². The fraction of sp³-hybridized carbons (Fsp3) is 0.562. The Labute approximate surface area is 130 Å². The van der Waals surface area contributed by atoms with Crippen molar-refractivity contribution in [2.24, 2.45) is 5.92 Å². The van der Waals surface area contributed by atoms with Gasteiger partial charge in [-0.25, -0.2) is 0 Å². The van der Waals surface area contributed by atoms with Gasteiger partial charge in [0, 0.05) is 0 Å². The number of para-hydroxylation sites is 1. The third-order valence-corrected chi connectivity index (χ3v) is 4.22. The first-order valence-electron chi connectivity index (χ1n) is 7.48. The van der Waals surface area contributed by atoms with E-state index in [0.29, 0.717) is 23.7 Å². The zero-order chi connectivity index (χ0) is 15.2. The number of rotatable bonds is 6. The molecule has 1 aromatic carbocycles. The molecule has 0 aromatic heterocycles. The average molecular weight is 312 g/mol. The van der Waals surface area contributed by atoms with Gasteiger partial charge in [0.25, 0.3) is 0 Å². The highest BCUT2D eigenvalue weighted by atomic mass is 35.5. The van der Waals surface area contributed by atoms with Gasteiger partial charge in [0.2, 0.25) is 5.91 Å². The molecular weight excluding hydrogens is 290 g/mol. The number of hydrogen-bond acceptors (Lipinski definition) is 3. The van der Waals surface area contributed by atoms with Gasteiger partial charge in [0.05, 0.1) is 23.6 Å². The molecule has 2 N–H and O–H groups in total. The molecule has 1 aliphatic rings. The molecule has 0 saturated heterocycles. The SMILES string of the molecule is CCC(CNC(=O)C1CCCC1O)Oc1ccccc1Cl. The van der Waals surface area contributed by atoms with E-state index in [-0.39, 0.29) is 17.9 Å². The average Bonchev–Trinajstić information content (AvgIpc) is 2.91. The van der Waals surface area contributed by atoms with Crippen LogP contribution in [0.2, 0.25) is 5.02 Å². The molecule has 0 radical (unpaired) electrons. The van der Waals surface area contributed by atoms with Gasteiger partial charge < -0.3 is 15.2 Å². The molecule has 21 heavy (non-hydrogen) atoms. The lowest BCUT2D eigenvalue weighted by Crippen LogP contribution is -2.40. The minimum atomic E-state index is -0.505. The van der Waals surface area contributed by atoms with Crippen LogP contribution in [0.15, 0.2) is 24.3 Å². The van der Waals surface area contributed by atoms with Crippen molar-refractivity contribution in [3.05, 3.63) is 29.3 Å². The Bertz CT molecular complexity index is 480. The molecule has 0 bridgehead atoms. The standard InChI is InChI=1S/C16H22ClNO3/c1-2-11(21-15-9-4-3-7-13(15)17)10-18-16(20)12-6-5-8-14(12)19/h3-4,7,9,11-12,14,19H,2,5-6,8,10H2,1H3,(H,18,20). The molecule has 3 atom stereocenters. The van der Waals surface area contributed by atoms with Gasteiger partial charge in [0.1, 0.15) is 11.9 Å². The van der Waals surface area contributed by atoms with E-state index in [4.69, 9.17) is 16.3 Å². The van der Waals surface area contributed by atoms with Gasteiger partial charge in [-0.15, -0.1) is 0 Å². The summed E-state index contributed by atoms with van der Waals surface area (Å²) in [5.41, 5.74) is 0. The van der Waals surface area contributed by atoms with E-state index in [1.165, 1.54) is 0 Å². The number of aliphatic hydroxyl groups excluding tert-OH is 1. The lowest BCUT2D eigenvalue weighted by atomic mass is 10.1. The fourth-order valence-corrected chi connectivity index (χ4v) is 2.76. The number of ether oxygens (including phenoxy) is 1. The van der Waals surface area contributed by atoms with Crippen LogP contribution in [0, 0.1) is 5.92 Å². The van der Waals surface area contributed by atoms with Crippen molar-refractivity contribution in [1.82, 2.24) is 5.32 Å². The van der Waals surface area contributed by atoms with E-state index in [2.05, 4.69) is 5.32 Å². The Morgan fingerprint density at radius 1 is 1.48 bits per heavy atom. The third-order valence-electron chi connectivity index (χ3n) is 3.91. The van der Waals surface area contributed by atoms with Crippen LogP contribution >= 0.6 is 11.6 Å². The van der Waals surface area contributed by atoms with Crippen molar-refractivity contribution in [1.29, 1.82) is 0 Å². The summed E-state index contributed by atoms with van der Waals surface area (Å²) in [7, 11) is 0. The van der Waals surface area contributed by atoms with Gasteiger partial charge >= 0.3 is 0 Å². The Hall–Kier alpha value is -1.26. The van der Waals surface area contributed by atoms with Crippen molar-refractivity contribution in [3.63, 3.8) is 0 Å². The smallest absolute Gasteiger partial charge is 0.225 e. The summed E-state index contributed by atoms with van der Waals surface area (Å²) < 4.78 is 5.83. The van der Waals surface area contributed by atoms with Crippen LogP contribution < -0.4 is 10.1 Å². The molecule has 1 fully saturated rings. The van der Waals surface area contributed by atoms with Crippen molar-refractivity contribution in [3.8, 4) is 5.75 Å². The first-order valence-corrected chi connectivity index (χ1v) is 7.86. The first-order chi connectivity index (χ1) is 10.1. The predicted octanol–water partition coefficient (Wildman–Crippen LogP) is 2.77. The van der Waals surface area contributed by atoms with Crippen molar-refractivity contribution in [2.75, 3.05) is 6.54 Å². The highest BCUT2D eigenvalue weighted by Gasteiger charge is 2.31. The number of halogens is 1. The number of hydrogen-bond donors (Lipinski definition) is 2. The maximum atomic E-state index is 12.0. The van der Waals surface area contributed by atoms with Gasteiger partial charge in [-0.1, -0.05) is 30.7 Å². The summed E-state index contributed by atoms with van der Waals surface area (Å²) in [5, 5.41) is 13.2. The van der Waals surface area contributed by atoms with Gasteiger partial charge in [-0.3, -0.25) is 4.79 Å².